The molecule has 0 aliphatic heterocycles. The molecule has 0 heterocycles. The van der Waals surface area contributed by atoms with Crippen LogP contribution in [-0.2, 0) is 26.2 Å². The van der Waals surface area contributed by atoms with Crippen LogP contribution >= 0.6 is 0 Å². The van der Waals surface area contributed by atoms with Gasteiger partial charge in [-0.25, -0.2) is 8.42 Å². The van der Waals surface area contributed by atoms with Crippen molar-refractivity contribution in [3.05, 3.63) is 84.4 Å². The highest BCUT2D eigenvalue weighted by Crippen LogP contribution is 2.26. The quantitative estimate of drug-likeness (QED) is 0.378. The van der Waals surface area contributed by atoms with Gasteiger partial charge in [-0.05, 0) is 67.9 Å². The molecular formula is C28H33N3O6S. The van der Waals surface area contributed by atoms with Gasteiger partial charge in [0.05, 0.1) is 24.3 Å². The van der Waals surface area contributed by atoms with Gasteiger partial charge >= 0.3 is 0 Å². The molecular weight excluding hydrogens is 506 g/mol. The van der Waals surface area contributed by atoms with E-state index in [0.29, 0.717) is 23.8 Å². The van der Waals surface area contributed by atoms with Crippen LogP contribution in [0.2, 0.25) is 0 Å². The van der Waals surface area contributed by atoms with E-state index in [1.807, 2.05) is 6.92 Å². The molecule has 0 fully saturated rings. The van der Waals surface area contributed by atoms with Crippen LogP contribution in [0.1, 0.15) is 19.4 Å². The van der Waals surface area contributed by atoms with Crippen molar-refractivity contribution < 1.29 is 27.5 Å². The van der Waals surface area contributed by atoms with Crippen LogP contribution in [0.5, 0.6) is 11.5 Å². The van der Waals surface area contributed by atoms with Gasteiger partial charge < -0.3 is 19.7 Å². The highest BCUT2D eigenvalue weighted by atomic mass is 32.2. The predicted octanol–water partition coefficient (Wildman–Crippen LogP) is 3.45. The second kappa shape index (κ2) is 13.0. The van der Waals surface area contributed by atoms with Crippen molar-refractivity contribution in [2.75, 3.05) is 31.6 Å². The SMILES string of the molecule is CCOc1ccc(S(=O)(=O)N(CC(=O)N(Cc2ccc(OC)cc2)C(C)C(=O)NC)c2ccccc2)cc1. The Bertz CT molecular complexity index is 1310. The minimum Gasteiger partial charge on any atom is -0.497 e. The van der Waals surface area contributed by atoms with Crippen LogP contribution in [0.25, 0.3) is 0 Å². The number of ether oxygens (including phenoxy) is 2. The minimum atomic E-state index is -4.13. The number of carbonyl (C=O) groups excluding carboxylic acids is 2. The van der Waals surface area contributed by atoms with Crippen molar-refractivity contribution in [3.8, 4) is 11.5 Å². The van der Waals surface area contributed by atoms with Crippen LogP contribution in [0.15, 0.2) is 83.8 Å². The van der Waals surface area contributed by atoms with Gasteiger partial charge in [0.15, 0.2) is 0 Å². The maximum atomic E-state index is 13.8. The Labute approximate surface area is 224 Å². The molecule has 0 radical (unpaired) electrons. The number of methoxy groups -OCH3 is 1. The fourth-order valence-electron chi connectivity index (χ4n) is 3.84. The van der Waals surface area contributed by atoms with Crippen LogP contribution < -0.4 is 19.1 Å². The number of hydrogen-bond acceptors (Lipinski definition) is 6. The molecule has 9 nitrogen and oxygen atoms in total. The summed E-state index contributed by atoms with van der Waals surface area (Å²) < 4.78 is 39.2. The number of para-hydroxylation sites is 1. The summed E-state index contributed by atoms with van der Waals surface area (Å²) in [5.74, 6) is 0.296. The van der Waals surface area contributed by atoms with Gasteiger partial charge in [-0.2, -0.15) is 0 Å². The number of anilines is 1. The normalized spacial score (nSPS) is 11.8. The largest absolute Gasteiger partial charge is 0.497 e. The summed E-state index contributed by atoms with van der Waals surface area (Å²) in [6.07, 6.45) is 0. The smallest absolute Gasteiger partial charge is 0.264 e. The zero-order chi connectivity index (χ0) is 27.7. The number of sulfonamides is 1. The number of nitrogens with one attached hydrogen (secondary N) is 1. The Balaban J connectivity index is 1.97. The lowest BCUT2D eigenvalue weighted by atomic mass is 10.1. The Morgan fingerprint density at radius 1 is 0.921 bits per heavy atom. The van der Waals surface area contributed by atoms with Crippen molar-refractivity contribution in [2.24, 2.45) is 0 Å². The van der Waals surface area contributed by atoms with Crippen LogP contribution in [0.3, 0.4) is 0 Å². The third-order valence-corrected chi connectivity index (χ3v) is 7.76. The fourth-order valence-corrected chi connectivity index (χ4v) is 5.26. The highest BCUT2D eigenvalue weighted by molar-refractivity contribution is 7.92. The number of hydrogen-bond donors (Lipinski definition) is 1. The number of amides is 2. The molecule has 3 rings (SSSR count). The van der Waals surface area contributed by atoms with Gasteiger partial charge in [0.25, 0.3) is 10.0 Å². The molecule has 38 heavy (non-hydrogen) atoms. The third kappa shape index (κ3) is 6.83. The Hall–Kier alpha value is -4.05. The molecule has 0 aliphatic carbocycles. The standard InChI is InChI=1S/C28H33N3O6S/c1-5-37-25-15-17-26(18-16-25)38(34,35)31(23-9-7-6-8-10-23)20-27(32)30(21(2)28(33)29-3)19-22-11-13-24(36-4)14-12-22/h6-18,21H,5,19-20H2,1-4H3,(H,29,33). The van der Waals surface area contributed by atoms with E-state index in [9.17, 15) is 18.0 Å². The number of carbonyl (C=O) groups is 2. The summed E-state index contributed by atoms with van der Waals surface area (Å²) >= 11 is 0. The summed E-state index contributed by atoms with van der Waals surface area (Å²) in [6, 6.07) is 20.7. The Kier molecular flexibility index (Phi) is 9.72. The van der Waals surface area contributed by atoms with Crippen LogP contribution in [0.4, 0.5) is 5.69 Å². The third-order valence-electron chi connectivity index (χ3n) is 5.97. The first kappa shape index (κ1) is 28.5. The van der Waals surface area contributed by atoms with E-state index >= 15 is 0 Å². The first-order chi connectivity index (χ1) is 18.2. The van der Waals surface area contributed by atoms with E-state index < -0.39 is 28.5 Å². The summed E-state index contributed by atoms with van der Waals surface area (Å²) in [5, 5.41) is 2.56. The van der Waals surface area contributed by atoms with Gasteiger partial charge in [0.1, 0.15) is 24.1 Å². The Morgan fingerprint density at radius 2 is 1.53 bits per heavy atom. The monoisotopic (exact) mass is 539 g/mol. The van der Waals surface area contributed by atoms with Crippen LogP contribution in [0, 0.1) is 0 Å². The van der Waals surface area contributed by atoms with Gasteiger partial charge in [-0.3, -0.25) is 13.9 Å². The molecule has 1 unspecified atom stereocenters. The number of benzene rings is 3. The summed E-state index contributed by atoms with van der Waals surface area (Å²) in [4.78, 5) is 27.6. The summed E-state index contributed by atoms with van der Waals surface area (Å²) in [7, 11) is -1.09. The maximum Gasteiger partial charge on any atom is 0.264 e. The molecule has 3 aromatic carbocycles. The highest BCUT2D eigenvalue weighted by Gasteiger charge is 2.32. The zero-order valence-corrected chi connectivity index (χ0v) is 22.8. The molecule has 202 valence electrons. The number of likely N-dealkylation sites (N-methyl/N-ethyl adjacent to an activating group) is 1. The zero-order valence-electron chi connectivity index (χ0n) is 22.0. The Morgan fingerprint density at radius 3 is 2.08 bits per heavy atom. The average molecular weight is 540 g/mol. The first-order valence-corrected chi connectivity index (χ1v) is 13.6. The number of nitrogens with zero attached hydrogens (tertiary/aromatic N) is 2. The van der Waals surface area contributed by atoms with E-state index in [0.717, 1.165) is 9.87 Å². The molecule has 1 atom stereocenters. The van der Waals surface area contributed by atoms with E-state index in [4.69, 9.17) is 9.47 Å². The maximum absolute atomic E-state index is 13.8. The van der Waals surface area contributed by atoms with Crippen molar-refractivity contribution in [1.29, 1.82) is 0 Å². The summed E-state index contributed by atoms with van der Waals surface area (Å²) in [5.41, 5.74) is 1.09. The van der Waals surface area contributed by atoms with Gasteiger partial charge in [-0.15, -0.1) is 0 Å². The molecule has 3 aromatic rings. The lowest BCUT2D eigenvalue weighted by molar-refractivity contribution is -0.139. The summed E-state index contributed by atoms with van der Waals surface area (Å²) in [6.45, 7) is 3.49. The van der Waals surface area contributed by atoms with Gasteiger partial charge in [0, 0.05) is 13.6 Å². The van der Waals surface area contributed by atoms with Crippen molar-refractivity contribution in [2.45, 2.75) is 31.3 Å². The molecule has 0 aliphatic rings. The lowest BCUT2D eigenvalue weighted by Gasteiger charge is -2.31. The second-order valence-corrected chi connectivity index (χ2v) is 10.3. The molecule has 0 spiro atoms. The first-order valence-electron chi connectivity index (χ1n) is 12.2. The minimum absolute atomic E-state index is 0.0126. The lowest BCUT2D eigenvalue weighted by Crippen LogP contribution is -2.50. The molecule has 0 saturated carbocycles. The van der Waals surface area contributed by atoms with Crippen molar-refractivity contribution >= 4 is 27.5 Å². The van der Waals surface area contributed by atoms with Crippen molar-refractivity contribution in [3.63, 3.8) is 0 Å². The number of rotatable bonds is 12. The van der Waals surface area contributed by atoms with E-state index in [-0.39, 0.29) is 17.3 Å². The predicted molar refractivity (Wildman–Crippen MR) is 146 cm³/mol. The topological polar surface area (TPSA) is 105 Å². The second-order valence-electron chi connectivity index (χ2n) is 8.41. The van der Waals surface area contributed by atoms with E-state index in [1.54, 1.807) is 80.8 Å². The van der Waals surface area contributed by atoms with Gasteiger partial charge in [0.2, 0.25) is 11.8 Å². The van der Waals surface area contributed by atoms with Crippen molar-refractivity contribution in [1.82, 2.24) is 10.2 Å². The van der Waals surface area contributed by atoms with E-state index in [2.05, 4.69) is 5.32 Å². The molecule has 0 saturated heterocycles. The van der Waals surface area contributed by atoms with Gasteiger partial charge in [-0.1, -0.05) is 30.3 Å². The fraction of sp³-hybridized carbons (Fsp3) is 0.286. The molecule has 2 amide bonds. The van der Waals surface area contributed by atoms with E-state index in [1.165, 1.54) is 24.1 Å². The molecule has 0 aromatic heterocycles. The van der Waals surface area contributed by atoms with Crippen LogP contribution in [-0.4, -0.2) is 58.5 Å². The molecule has 1 N–H and O–H groups in total. The average Bonchev–Trinajstić information content (AvgIpc) is 2.94. The molecule has 0 bridgehead atoms. The molecule has 10 heteroatoms.